The van der Waals surface area contributed by atoms with Crippen LogP contribution in [0, 0.1) is 5.82 Å². The van der Waals surface area contributed by atoms with Crippen LogP contribution in [0.4, 0.5) is 10.1 Å². The lowest BCUT2D eigenvalue weighted by atomic mass is 10.0. The van der Waals surface area contributed by atoms with Crippen molar-refractivity contribution in [2.75, 3.05) is 25.1 Å². The molecule has 1 heterocycles. The van der Waals surface area contributed by atoms with E-state index in [4.69, 9.17) is 4.74 Å². The van der Waals surface area contributed by atoms with Gasteiger partial charge in [-0.05, 0) is 25.8 Å². The van der Waals surface area contributed by atoms with E-state index in [-0.39, 0.29) is 11.9 Å². The summed E-state index contributed by atoms with van der Waals surface area (Å²) >= 11 is 0. The molecule has 1 atom stereocenters. The summed E-state index contributed by atoms with van der Waals surface area (Å²) in [6.07, 6.45) is 1.40. The molecule has 100 valence electrons. The zero-order valence-corrected chi connectivity index (χ0v) is 10.9. The third-order valence-corrected chi connectivity index (χ3v) is 3.56. The fraction of sp³-hybridized carbons (Fsp3) is 0.571. The Morgan fingerprint density at radius 3 is 2.61 bits per heavy atom. The number of anilines is 1. The van der Waals surface area contributed by atoms with E-state index in [2.05, 4.69) is 0 Å². The molecule has 0 amide bonds. The van der Waals surface area contributed by atoms with Gasteiger partial charge in [-0.2, -0.15) is 0 Å². The molecule has 0 radical (unpaired) electrons. The summed E-state index contributed by atoms with van der Waals surface area (Å²) in [5.74, 6) is -0.260. The molecule has 3 nitrogen and oxygen atoms in total. The summed E-state index contributed by atoms with van der Waals surface area (Å²) in [5, 5.41) is 9.74. The van der Waals surface area contributed by atoms with Crippen LogP contribution in [0.15, 0.2) is 18.2 Å². The van der Waals surface area contributed by atoms with Crippen LogP contribution in [0.2, 0.25) is 0 Å². The Hall–Kier alpha value is -1.13. The summed E-state index contributed by atoms with van der Waals surface area (Å²) in [7, 11) is 1.71. The minimum absolute atomic E-state index is 0.260. The quantitative estimate of drug-likeness (QED) is 0.898. The minimum atomic E-state index is -0.657. The zero-order chi connectivity index (χ0) is 13.1. The molecule has 1 N–H and O–H groups in total. The highest BCUT2D eigenvalue weighted by Crippen LogP contribution is 2.31. The van der Waals surface area contributed by atoms with Crippen molar-refractivity contribution < 1.29 is 14.2 Å². The molecule has 0 unspecified atom stereocenters. The molecule has 1 aromatic rings. The number of ether oxygens (including phenoxy) is 1. The molecular formula is C14H20FNO2. The molecule has 0 spiro atoms. The van der Waals surface area contributed by atoms with Gasteiger partial charge in [0, 0.05) is 25.8 Å². The summed E-state index contributed by atoms with van der Waals surface area (Å²) in [6.45, 7) is 3.19. The van der Waals surface area contributed by atoms with E-state index in [1.54, 1.807) is 26.2 Å². The van der Waals surface area contributed by atoms with E-state index in [0.717, 1.165) is 25.9 Å². The van der Waals surface area contributed by atoms with E-state index in [0.29, 0.717) is 11.3 Å². The number of halogens is 1. The number of hydrogen-bond donors (Lipinski definition) is 1. The number of para-hydroxylation sites is 1. The van der Waals surface area contributed by atoms with Gasteiger partial charge in [-0.25, -0.2) is 4.39 Å². The van der Waals surface area contributed by atoms with Crippen LogP contribution < -0.4 is 4.90 Å². The number of aliphatic hydroxyl groups excluding tert-OH is 1. The van der Waals surface area contributed by atoms with E-state index in [9.17, 15) is 9.50 Å². The lowest BCUT2D eigenvalue weighted by Gasteiger charge is -2.34. The second-order valence-electron chi connectivity index (χ2n) is 4.78. The molecule has 0 saturated carbocycles. The predicted molar refractivity (Wildman–Crippen MR) is 69.3 cm³/mol. The van der Waals surface area contributed by atoms with Gasteiger partial charge in [-0.3, -0.25) is 0 Å². The van der Waals surface area contributed by atoms with Gasteiger partial charge in [-0.15, -0.1) is 0 Å². The molecule has 0 aliphatic carbocycles. The number of benzene rings is 1. The van der Waals surface area contributed by atoms with Crippen molar-refractivity contribution in [3.63, 3.8) is 0 Å². The maximum Gasteiger partial charge on any atom is 0.146 e. The molecule has 1 aromatic carbocycles. The molecule has 1 saturated heterocycles. The first-order valence-electron chi connectivity index (χ1n) is 6.37. The number of hydrogen-bond acceptors (Lipinski definition) is 3. The van der Waals surface area contributed by atoms with Gasteiger partial charge in [0.2, 0.25) is 0 Å². The van der Waals surface area contributed by atoms with Crippen LogP contribution in [-0.4, -0.2) is 31.4 Å². The summed E-state index contributed by atoms with van der Waals surface area (Å²) in [5.41, 5.74) is 1.20. The SMILES string of the molecule is COC1CCN(c2c(F)cccc2[C@@H](C)O)CC1. The van der Waals surface area contributed by atoms with Gasteiger partial charge >= 0.3 is 0 Å². The lowest BCUT2D eigenvalue weighted by Crippen LogP contribution is -2.37. The Morgan fingerprint density at radius 2 is 2.06 bits per heavy atom. The van der Waals surface area contributed by atoms with E-state index in [1.165, 1.54) is 6.07 Å². The van der Waals surface area contributed by atoms with Crippen molar-refractivity contribution in [3.05, 3.63) is 29.6 Å². The van der Waals surface area contributed by atoms with E-state index in [1.807, 2.05) is 4.90 Å². The molecule has 0 aromatic heterocycles. The normalized spacial score (nSPS) is 19.0. The van der Waals surface area contributed by atoms with Crippen LogP contribution in [0.3, 0.4) is 0 Å². The molecule has 2 rings (SSSR count). The number of piperidine rings is 1. The first kappa shape index (κ1) is 13.3. The second-order valence-corrected chi connectivity index (χ2v) is 4.78. The maximum absolute atomic E-state index is 14.0. The van der Waals surface area contributed by atoms with Crippen LogP contribution in [0.5, 0.6) is 0 Å². The molecule has 1 aliphatic heterocycles. The van der Waals surface area contributed by atoms with Gasteiger partial charge in [-0.1, -0.05) is 12.1 Å². The Balaban J connectivity index is 2.23. The van der Waals surface area contributed by atoms with E-state index < -0.39 is 6.10 Å². The van der Waals surface area contributed by atoms with Crippen LogP contribution in [0.1, 0.15) is 31.4 Å². The van der Waals surface area contributed by atoms with Crippen LogP contribution >= 0.6 is 0 Å². The number of rotatable bonds is 3. The molecule has 1 aliphatic rings. The Kier molecular flexibility index (Phi) is 4.19. The first-order valence-corrected chi connectivity index (χ1v) is 6.37. The lowest BCUT2D eigenvalue weighted by molar-refractivity contribution is 0.0816. The first-order chi connectivity index (χ1) is 8.63. The molecule has 1 fully saturated rings. The Labute approximate surface area is 107 Å². The average Bonchev–Trinajstić information content (AvgIpc) is 2.38. The smallest absolute Gasteiger partial charge is 0.146 e. The summed E-state index contributed by atoms with van der Waals surface area (Å²) < 4.78 is 19.3. The molecule has 4 heteroatoms. The Bertz CT molecular complexity index is 401. The molecule has 0 bridgehead atoms. The zero-order valence-electron chi connectivity index (χ0n) is 10.9. The van der Waals surface area contributed by atoms with Gasteiger partial charge in [0.1, 0.15) is 5.82 Å². The molecular weight excluding hydrogens is 233 g/mol. The van der Waals surface area contributed by atoms with Crippen molar-refractivity contribution in [1.29, 1.82) is 0 Å². The van der Waals surface area contributed by atoms with Crippen molar-refractivity contribution >= 4 is 5.69 Å². The Morgan fingerprint density at radius 1 is 1.39 bits per heavy atom. The third-order valence-electron chi connectivity index (χ3n) is 3.56. The van der Waals surface area contributed by atoms with Gasteiger partial charge in [0.05, 0.1) is 17.9 Å². The number of nitrogens with zero attached hydrogens (tertiary/aromatic N) is 1. The summed E-state index contributed by atoms with van der Waals surface area (Å²) in [4.78, 5) is 2.01. The standard InChI is InChI=1S/C14H20FNO2/c1-10(17)12-4-3-5-13(15)14(12)16-8-6-11(18-2)7-9-16/h3-5,10-11,17H,6-9H2,1-2H3/t10-/m1/s1. The monoisotopic (exact) mass is 253 g/mol. The second kappa shape index (κ2) is 5.67. The fourth-order valence-corrected chi connectivity index (χ4v) is 2.52. The minimum Gasteiger partial charge on any atom is -0.389 e. The highest BCUT2D eigenvalue weighted by molar-refractivity contribution is 5.56. The van der Waals surface area contributed by atoms with E-state index >= 15 is 0 Å². The van der Waals surface area contributed by atoms with Crippen molar-refractivity contribution in [1.82, 2.24) is 0 Å². The van der Waals surface area contributed by atoms with Crippen molar-refractivity contribution in [3.8, 4) is 0 Å². The maximum atomic E-state index is 14.0. The van der Waals surface area contributed by atoms with Crippen molar-refractivity contribution in [2.24, 2.45) is 0 Å². The fourth-order valence-electron chi connectivity index (χ4n) is 2.52. The predicted octanol–water partition coefficient (Wildman–Crippen LogP) is 2.49. The highest BCUT2D eigenvalue weighted by atomic mass is 19.1. The van der Waals surface area contributed by atoms with Crippen LogP contribution in [0.25, 0.3) is 0 Å². The third kappa shape index (κ3) is 2.65. The summed E-state index contributed by atoms with van der Waals surface area (Å²) in [6, 6.07) is 4.87. The topological polar surface area (TPSA) is 32.7 Å². The van der Waals surface area contributed by atoms with Gasteiger partial charge in [0.25, 0.3) is 0 Å². The highest BCUT2D eigenvalue weighted by Gasteiger charge is 2.24. The van der Waals surface area contributed by atoms with Crippen LogP contribution in [-0.2, 0) is 4.74 Å². The van der Waals surface area contributed by atoms with Gasteiger partial charge < -0.3 is 14.7 Å². The number of methoxy groups -OCH3 is 1. The average molecular weight is 253 g/mol. The largest absolute Gasteiger partial charge is 0.389 e. The van der Waals surface area contributed by atoms with Gasteiger partial charge in [0.15, 0.2) is 0 Å². The van der Waals surface area contributed by atoms with Crippen molar-refractivity contribution in [2.45, 2.75) is 32.0 Å². The number of aliphatic hydroxyl groups is 1. The molecule has 18 heavy (non-hydrogen) atoms.